The van der Waals surface area contributed by atoms with Crippen LogP contribution in [0.3, 0.4) is 0 Å². The fraction of sp³-hybridized carbons (Fsp3) is 0.200. The number of rotatable bonds is 29. The lowest BCUT2D eigenvalue weighted by molar-refractivity contribution is 0.200. The first-order valence-electron chi connectivity index (χ1n) is 32.3. The van der Waals surface area contributed by atoms with E-state index < -0.39 is 12.2 Å². The number of benzene rings is 10. The van der Waals surface area contributed by atoms with Crippen molar-refractivity contribution < 1.29 is 29.4 Å². The molecule has 0 aliphatic heterocycles. The summed E-state index contributed by atoms with van der Waals surface area (Å²) in [5.74, 6) is 0. The number of carbonyl (C=O) groups excluding carboxylic acids is 2. The van der Waals surface area contributed by atoms with Gasteiger partial charge in [0.05, 0.1) is 13.1 Å². The Morgan fingerprint density at radius 1 is 0.319 bits per heavy atom. The number of carboxylic acid groups (broad SMARTS) is 2. The molecule has 0 saturated carbocycles. The van der Waals surface area contributed by atoms with Gasteiger partial charge in [-0.2, -0.15) is 0 Å². The lowest BCUT2D eigenvalue weighted by Crippen LogP contribution is -2.35. The molecule has 0 bridgehead atoms. The molecule has 0 unspecified atom stereocenters. The Hall–Kier alpha value is -11.1. The van der Waals surface area contributed by atoms with Crippen LogP contribution in [0.25, 0.3) is 0 Å². The maximum Gasteiger partial charge on any atom is 0.411 e. The third kappa shape index (κ3) is 19.2. The van der Waals surface area contributed by atoms with Crippen molar-refractivity contribution in [1.29, 1.82) is 0 Å². The van der Waals surface area contributed by atoms with E-state index in [9.17, 15) is 29.4 Å². The number of amides is 6. The molecule has 0 aliphatic rings. The Labute approximate surface area is 552 Å². The monoisotopic (exact) mass is 1250 g/mol. The van der Waals surface area contributed by atoms with Crippen LogP contribution in [0, 0.1) is 13.8 Å². The van der Waals surface area contributed by atoms with E-state index in [2.05, 4.69) is 94.1 Å². The van der Waals surface area contributed by atoms with Crippen molar-refractivity contribution in [3.63, 3.8) is 0 Å². The molecule has 478 valence electrons. The van der Waals surface area contributed by atoms with Crippen LogP contribution in [0.4, 0.5) is 64.7 Å². The van der Waals surface area contributed by atoms with Crippen molar-refractivity contribution in [1.82, 2.24) is 0 Å². The summed E-state index contributed by atoms with van der Waals surface area (Å²) < 4.78 is 0. The number of nitrogens with one attached hydrogen (secondary N) is 4. The normalized spacial score (nSPS) is 10.9. The first-order chi connectivity index (χ1) is 45.9. The summed E-state index contributed by atoms with van der Waals surface area (Å²) in [5, 5.41) is 34.1. The lowest BCUT2D eigenvalue weighted by atomic mass is 10.0. The molecular weight excluding hydrogens is 1170 g/mol. The van der Waals surface area contributed by atoms with Gasteiger partial charge < -0.3 is 31.5 Å². The lowest BCUT2D eigenvalue weighted by Gasteiger charge is -2.25. The Bertz CT molecular complexity index is 3780. The highest BCUT2D eigenvalue weighted by Gasteiger charge is 2.23. The Kier molecular flexibility index (Phi) is 23.3. The van der Waals surface area contributed by atoms with E-state index in [1.165, 1.54) is 32.1 Å². The van der Waals surface area contributed by atoms with Gasteiger partial charge in [-0.25, -0.2) is 19.2 Å². The molecule has 0 spiro atoms. The van der Waals surface area contributed by atoms with Gasteiger partial charge >= 0.3 is 24.2 Å². The quantitative estimate of drug-likeness (QED) is 0.0252. The Morgan fingerprint density at radius 3 is 0.947 bits per heavy atom. The topological polar surface area (TPSA) is 170 Å². The van der Waals surface area contributed by atoms with Crippen LogP contribution in [0.1, 0.15) is 94.2 Å². The van der Waals surface area contributed by atoms with Gasteiger partial charge in [-0.3, -0.25) is 19.6 Å². The summed E-state index contributed by atoms with van der Waals surface area (Å²) in [6.07, 6.45) is 3.69. The highest BCUT2D eigenvalue weighted by molar-refractivity contribution is 6.04. The summed E-state index contributed by atoms with van der Waals surface area (Å²) in [7, 11) is 0. The summed E-state index contributed by atoms with van der Waals surface area (Å²) in [4.78, 5) is 60.4. The van der Waals surface area contributed by atoms with Gasteiger partial charge in [0.1, 0.15) is 0 Å². The van der Waals surface area contributed by atoms with Gasteiger partial charge in [-0.05, 0) is 168 Å². The molecule has 10 rings (SSSR count). The molecule has 0 atom stereocenters. The fourth-order valence-corrected chi connectivity index (χ4v) is 11.3. The third-order valence-electron chi connectivity index (χ3n) is 16.8. The van der Waals surface area contributed by atoms with Gasteiger partial charge in [0.15, 0.2) is 0 Å². The highest BCUT2D eigenvalue weighted by Crippen LogP contribution is 2.30. The predicted octanol–water partition coefficient (Wildman–Crippen LogP) is 19.2. The molecule has 10 aromatic carbocycles. The second kappa shape index (κ2) is 33.3. The average Bonchev–Trinajstić information content (AvgIpc) is 0.914. The van der Waals surface area contributed by atoms with E-state index in [0.717, 1.165) is 108 Å². The van der Waals surface area contributed by atoms with Crippen LogP contribution in [-0.4, -0.2) is 47.6 Å². The molecule has 0 fully saturated rings. The number of carbonyl (C=O) groups is 4. The van der Waals surface area contributed by atoms with Gasteiger partial charge in [-0.1, -0.05) is 208 Å². The van der Waals surface area contributed by atoms with Crippen molar-refractivity contribution in [2.45, 2.75) is 91.4 Å². The summed E-state index contributed by atoms with van der Waals surface area (Å²) in [6.45, 7) is 6.42. The van der Waals surface area contributed by atoms with E-state index in [-0.39, 0.29) is 25.2 Å². The molecule has 0 heterocycles. The highest BCUT2D eigenvalue weighted by atomic mass is 16.4. The largest absolute Gasteiger partial charge is 0.465 e. The zero-order chi connectivity index (χ0) is 65.4. The van der Waals surface area contributed by atoms with E-state index >= 15 is 0 Å². The number of hydrogen-bond donors (Lipinski definition) is 6. The van der Waals surface area contributed by atoms with Crippen molar-refractivity contribution in [3.05, 3.63) is 310 Å². The van der Waals surface area contributed by atoms with E-state index in [4.69, 9.17) is 0 Å². The SMILES string of the molecule is Cc1ccc(N(CCCCCCCCN(C(=O)O)c2ccc(C)c(NC(=O)N(Cc3ccccc3)c3ccc(Cc4ccc(NCc5ccccc5)cc4)cc3)c2)C(=O)O)cc1NC(=O)N(Cc1ccccc1)c1ccc(Cc2ccc(NCc3ccccc3)cc2)cc1. The summed E-state index contributed by atoms with van der Waals surface area (Å²) in [5.41, 5.74) is 16.0. The van der Waals surface area contributed by atoms with E-state index in [1.807, 2.05) is 172 Å². The standard InChI is InChI=1S/C80H82N8O6/c1-59-29-43-73(53-75(59)83-77(89)87(57-67-25-15-9-16-26-67)71-45-35-63(36-46-71)51-61-31-39-69(40-32-61)81-55-65-21-11-7-12-22-65)85(79(91)92)49-19-5-3-4-6-20-50-86(80(93)94)74-44-30-60(2)76(54-74)84-78(90)88(58-68-27-17-10-18-28-68)72-47-37-64(38-48-72)52-62-33-41-70(42-34-62)82-56-66-23-13-8-14-24-66/h7-18,21-48,53-54,81-82H,3-6,19-20,49-52,55-58H2,1-2H3,(H,83,89)(H,84,90)(H,91,92)(H,93,94). The summed E-state index contributed by atoms with van der Waals surface area (Å²) in [6, 6.07) is 83.1. The van der Waals surface area contributed by atoms with Gasteiger partial charge in [-0.15, -0.1) is 0 Å². The van der Waals surface area contributed by atoms with Crippen LogP contribution < -0.4 is 40.9 Å². The van der Waals surface area contributed by atoms with Crippen LogP contribution in [0.2, 0.25) is 0 Å². The molecule has 94 heavy (non-hydrogen) atoms. The maximum atomic E-state index is 14.4. The smallest absolute Gasteiger partial charge is 0.411 e. The zero-order valence-corrected chi connectivity index (χ0v) is 53.5. The Morgan fingerprint density at radius 2 is 0.617 bits per heavy atom. The van der Waals surface area contributed by atoms with Gasteiger partial charge in [0, 0.05) is 71.7 Å². The minimum Gasteiger partial charge on any atom is -0.465 e. The van der Waals surface area contributed by atoms with Gasteiger partial charge in [0.2, 0.25) is 0 Å². The average molecular weight is 1250 g/mol. The minimum absolute atomic E-state index is 0.257. The molecule has 10 aromatic rings. The molecule has 0 radical (unpaired) electrons. The van der Waals surface area contributed by atoms with Crippen molar-refractivity contribution in [2.24, 2.45) is 0 Å². The minimum atomic E-state index is -1.09. The fourth-order valence-electron chi connectivity index (χ4n) is 11.3. The van der Waals surface area contributed by atoms with Crippen LogP contribution in [0.5, 0.6) is 0 Å². The molecule has 6 amide bonds. The molecule has 0 aromatic heterocycles. The second-order valence-corrected chi connectivity index (χ2v) is 23.8. The first-order valence-corrected chi connectivity index (χ1v) is 32.3. The Balaban J connectivity index is 0.696. The van der Waals surface area contributed by atoms with Crippen LogP contribution in [-0.2, 0) is 39.0 Å². The third-order valence-corrected chi connectivity index (χ3v) is 16.8. The molecule has 6 N–H and O–H groups in total. The van der Waals surface area contributed by atoms with Crippen molar-refractivity contribution in [3.8, 4) is 0 Å². The number of anilines is 8. The van der Waals surface area contributed by atoms with Crippen molar-refractivity contribution in [2.75, 3.05) is 54.0 Å². The molecule has 14 heteroatoms. The number of unbranched alkanes of at least 4 members (excludes halogenated alkanes) is 5. The maximum absolute atomic E-state index is 14.4. The first kappa shape index (κ1) is 65.8. The van der Waals surface area contributed by atoms with Crippen LogP contribution >= 0.6 is 0 Å². The molecular formula is C80H82N8O6. The molecule has 14 nitrogen and oxygen atoms in total. The zero-order valence-electron chi connectivity index (χ0n) is 53.5. The second-order valence-electron chi connectivity index (χ2n) is 23.8. The van der Waals surface area contributed by atoms with E-state index in [1.54, 1.807) is 34.1 Å². The molecule has 0 aliphatic carbocycles. The molecule has 0 saturated heterocycles. The number of hydrogen-bond acceptors (Lipinski definition) is 6. The number of nitrogens with zero attached hydrogens (tertiary/aromatic N) is 4. The number of urea groups is 2. The predicted molar refractivity (Wildman–Crippen MR) is 383 cm³/mol. The van der Waals surface area contributed by atoms with Crippen molar-refractivity contribution >= 4 is 69.7 Å². The summed E-state index contributed by atoms with van der Waals surface area (Å²) >= 11 is 0. The van der Waals surface area contributed by atoms with E-state index in [0.29, 0.717) is 48.7 Å². The number of aryl methyl sites for hydroxylation is 2. The van der Waals surface area contributed by atoms with Gasteiger partial charge in [0.25, 0.3) is 0 Å². The van der Waals surface area contributed by atoms with Crippen LogP contribution in [0.15, 0.2) is 255 Å².